The van der Waals surface area contributed by atoms with Crippen LogP contribution in [0.3, 0.4) is 0 Å². The zero-order valence-corrected chi connectivity index (χ0v) is 39.1. The summed E-state index contributed by atoms with van der Waals surface area (Å²) in [6, 6.07) is 32.4. The second-order valence-electron chi connectivity index (χ2n) is 17.2. The van der Waals surface area contributed by atoms with Crippen LogP contribution in [0, 0.1) is 5.92 Å². The topological polar surface area (TPSA) is 172 Å². The van der Waals surface area contributed by atoms with Crippen LogP contribution in [-0.2, 0) is 9.53 Å². The lowest BCUT2D eigenvalue weighted by Crippen LogP contribution is -2.45. The molecule has 2 aromatic heterocycles. The minimum atomic E-state index is -0.648. The number of amides is 4. The van der Waals surface area contributed by atoms with Gasteiger partial charge in [-0.1, -0.05) is 55.5 Å². The van der Waals surface area contributed by atoms with Crippen molar-refractivity contribution < 1.29 is 28.7 Å². The maximum atomic E-state index is 13.1. The highest BCUT2D eigenvalue weighted by atomic mass is 32.1. The number of nitrogens with zero attached hydrogens (tertiary/aromatic N) is 1. The SMILES string of the molecule is CC(C)(C)OC(=O)Nc1ccc(-c2cccs2)cc1NC(=O)c1ccc(C=O)cc1.CC1CCN(C(C(=O)NC(C)C)c2ccc(C(=O)Nc3cc(-c4cccs4)ccc3N)cc2)CC1. The zero-order chi connectivity index (χ0) is 46.7. The van der Waals surface area contributed by atoms with Crippen LogP contribution in [0.5, 0.6) is 0 Å². The van der Waals surface area contributed by atoms with Gasteiger partial charge in [-0.05, 0) is 155 Å². The first-order valence-corrected chi connectivity index (χ1v) is 23.3. The van der Waals surface area contributed by atoms with Crippen LogP contribution in [0.25, 0.3) is 20.9 Å². The molecule has 1 saturated heterocycles. The summed E-state index contributed by atoms with van der Waals surface area (Å²) >= 11 is 3.21. The van der Waals surface area contributed by atoms with Gasteiger partial charge < -0.3 is 26.4 Å². The Bertz CT molecular complexity index is 2560. The summed E-state index contributed by atoms with van der Waals surface area (Å²) in [5.74, 6) is 0.0892. The van der Waals surface area contributed by atoms with E-state index in [0.29, 0.717) is 45.4 Å². The second kappa shape index (κ2) is 21.8. The number of nitrogens with one attached hydrogen (secondary N) is 4. The summed E-state index contributed by atoms with van der Waals surface area (Å²) in [6.45, 7) is 13.3. The molecule has 3 heterocycles. The molecule has 4 amide bonds. The molecule has 4 aromatic carbocycles. The number of piperidine rings is 1. The van der Waals surface area contributed by atoms with Crippen LogP contribution in [0.2, 0.25) is 0 Å². The van der Waals surface area contributed by atoms with Crippen molar-refractivity contribution in [2.75, 3.05) is 34.8 Å². The zero-order valence-electron chi connectivity index (χ0n) is 37.5. The maximum absolute atomic E-state index is 13.1. The Morgan fingerprint density at radius 3 is 1.78 bits per heavy atom. The van der Waals surface area contributed by atoms with Crippen LogP contribution >= 0.6 is 22.7 Å². The molecule has 1 unspecified atom stereocenters. The molecule has 1 aliphatic rings. The molecule has 65 heavy (non-hydrogen) atoms. The van der Waals surface area contributed by atoms with Gasteiger partial charge in [0, 0.05) is 32.5 Å². The summed E-state index contributed by atoms with van der Waals surface area (Å²) < 4.78 is 5.32. The number of thiophene rings is 2. The molecule has 12 nitrogen and oxygen atoms in total. The van der Waals surface area contributed by atoms with Crippen LogP contribution in [0.15, 0.2) is 120 Å². The minimum Gasteiger partial charge on any atom is -0.444 e. The normalized spacial score (nSPS) is 13.5. The fourth-order valence-electron chi connectivity index (χ4n) is 7.12. The molecule has 0 radical (unpaired) electrons. The van der Waals surface area contributed by atoms with Gasteiger partial charge in [0.2, 0.25) is 5.91 Å². The number of anilines is 4. The van der Waals surface area contributed by atoms with Crippen molar-refractivity contribution in [1.29, 1.82) is 0 Å². The highest BCUT2D eigenvalue weighted by Gasteiger charge is 2.31. The first-order chi connectivity index (χ1) is 31.1. The molecule has 0 spiro atoms. The monoisotopic (exact) mass is 912 g/mol. The molecule has 7 rings (SSSR count). The summed E-state index contributed by atoms with van der Waals surface area (Å²) in [7, 11) is 0. The molecule has 0 saturated carbocycles. The summed E-state index contributed by atoms with van der Waals surface area (Å²) in [4.78, 5) is 66.3. The first-order valence-electron chi connectivity index (χ1n) is 21.5. The van der Waals surface area contributed by atoms with Crippen molar-refractivity contribution in [2.45, 2.75) is 72.1 Å². The van der Waals surface area contributed by atoms with Gasteiger partial charge >= 0.3 is 6.09 Å². The molecular weight excluding hydrogens is 857 g/mol. The van der Waals surface area contributed by atoms with Gasteiger partial charge in [0.15, 0.2) is 0 Å². The van der Waals surface area contributed by atoms with Crippen molar-refractivity contribution in [3.63, 3.8) is 0 Å². The van der Waals surface area contributed by atoms with Crippen LogP contribution < -0.4 is 27.0 Å². The van der Waals surface area contributed by atoms with Gasteiger partial charge in [0.1, 0.15) is 17.9 Å². The molecule has 0 bridgehead atoms. The van der Waals surface area contributed by atoms with E-state index in [1.165, 1.54) is 0 Å². The van der Waals surface area contributed by atoms with E-state index in [2.05, 4.69) is 33.1 Å². The maximum Gasteiger partial charge on any atom is 0.412 e. The number of nitrogen functional groups attached to an aromatic ring is 1. The second-order valence-corrected chi connectivity index (χ2v) is 19.1. The predicted molar refractivity (Wildman–Crippen MR) is 264 cm³/mol. The lowest BCUT2D eigenvalue weighted by Gasteiger charge is -2.36. The fraction of sp³-hybridized carbons (Fsp3) is 0.275. The van der Waals surface area contributed by atoms with Crippen LogP contribution in [0.4, 0.5) is 27.5 Å². The highest BCUT2D eigenvalue weighted by Crippen LogP contribution is 2.34. The van der Waals surface area contributed by atoms with E-state index in [-0.39, 0.29) is 29.8 Å². The fourth-order valence-corrected chi connectivity index (χ4v) is 8.57. The Labute approximate surface area is 388 Å². The Morgan fingerprint density at radius 2 is 1.26 bits per heavy atom. The summed E-state index contributed by atoms with van der Waals surface area (Å²) in [5, 5.41) is 15.5. The van der Waals surface area contributed by atoms with E-state index in [0.717, 1.165) is 58.7 Å². The van der Waals surface area contributed by atoms with E-state index >= 15 is 0 Å². The lowest BCUT2D eigenvalue weighted by molar-refractivity contribution is -0.127. The number of ether oxygens (including phenoxy) is 1. The predicted octanol–water partition coefficient (Wildman–Crippen LogP) is 11.4. The number of carbonyl (C=O) groups excluding carboxylic acids is 5. The highest BCUT2D eigenvalue weighted by molar-refractivity contribution is 7.13. The Hall–Kier alpha value is -6.61. The number of likely N-dealkylation sites (tertiary alicyclic amines) is 1. The number of nitrogens with two attached hydrogens (primary N) is 1. The number of hydrogen-bond donors (Lipinski definition) is 5. The molecule has 1 aliphatic heterocycles. The van der Waals surface area contributed by atoms with Crippen molar-refractivity contribution >= 4 is 75.5 Å². The van der Waals surface area contributed by atoms with Gasteiger partial charge in [-0.15, -0.1) is 22.7 Å². The van der Waals surface area contributed by atoms with Crippen molar-refractivity contribution in [2.24, 2.45) is 5.92 Å². The third-order valence-corrected chi connectivity index (χ3v) is 12.3. The van der Waals surface area contributed by atoms with E-state index in [4.69, 9.17) is 10.5 Å². The average molecular weight is 913 g/mol. The molecule has 6 aromatic rings. The largest absolute Gasteiger partial charge is 0.444 e. The smallest absolute Gasteiger partial charge is 0.412 e. The van der Waals surface area contributed by atoms with Gasteiger partial charge in [0.05, 0.1) is 22.7 Å². The third kappa shape index (κ3) is 13.5. The van der Waals surface area contributed by atoms with Gasteiger partial charge in [-0.25, -0.2) is 4.79 Å². The van der Waals surface area contributed by atoms with Crippen molar-refractivity contribution in [1.82, 2.24) is 10.2 Å². The Balaban J connectivity index is 0.000000218. The lowest BCUT2D eigenvalue weighted by atomic mass is 9.95. The summed E-state index contributed by atoms with van der Waals surface area (Å²) in [5.41, 5.74) is 11.7. The molecule has 338 valence electrons. The van der Waals surface area contributed by atoms with Crippen LogP contribution in [-0.4, -0.2) is 59.7 Å². The number of benzene rings is 4. The Morgan fingerprint density at radius 1 is 0.723 bits per heavy atom. The molecule has 0 aliphatic carbocycles. The van der Waals surface area contributed by atoms with E-state index in [1.54, 1.807) is 92.0 Å². The number of hydrogen-bond acceptors (Lipinski definition) is 10. The molecule has 6 N–H and O–H groups in total. The summed E-state index contributed by atoms with van der Waals surface area (Å²) in [6.07, 6.45) is 2.27. The number of aldehydes is 1. The third-order valence-electron chi connectivity index (χ3n) is 10.5. The standard InChI is InChI=1S/C28H34N4O2S.C23H22N2O4S/c1-18(2)30-28(34)26(32-14-12-19(3)13-15-32)20-6-8-21(9-7-20)27(33)31-24-17-22(10-11-23(24)29)25-5-4-16-35-25;1-23(2,3)29-22(28)25-18-11-10-17(20-5-4-12-30-20)13-19(18)24-21(27)16-8-6-15(14-26)7-9-16/h4-11,16-19,26H,12-15,29H2,1-3H3,(H,30,34)(H,31,33);4-14H,1-3H3,(H,24,27)(H,25,28). The average Bonchev–Trinajstić information content (AvgIpc) is 4.02. The van der Waals surface area contributed by atoms with Gasteiger partial charge in [-0.3, -0.25) is 29.4 Å². The molecular formula is C51H56N6O6S2. The van der Waals surface area contributed by atoms with Crippen molar-refractivity contribution in [3.05, 3.63) is 142 Å². The van der Waals surface area contributed by atoms with E-state index < -0.39 is 11.7 Å². The van der Waals surface area contributed by atoms with E-state index in [1.807, 2.05) is 85.3 Å². The van der Waals surface area contributed by atoms with Gasteiger partial charge in [0.25, 0.3) is 11.8 Å². The quantitative estimate of drug-likeness (QED) is 0.0596. The van der Waals surface area contributed by atoms with Crippen LogP contribution in [0.1, 0.15) is 97.1 Å². The number of rotatable bonds is 12. The Kier molecular flexibility index (Phi) is 16.1. The van der Waals surface area contributed by atoms with Crippen molar-refractivity contribution in [3.8, 4) is 20.9 Å². The molecule has 14 heteroatoms. The van der Waals surface area contributed by atoms with E-state index in [9.17, 15) is 24.0 Å². The minimum absolute atomic E-state index is 0.00456. The first kappa shape index (κ1) is 47.9. The molecule has 1 atom stereocenters. The molecule has 1 fully saturated rings. The van der Waals surface area contributed by atoms with Gasteiger partial charge in [-0.2, -0.15) is 0 Å². The number of carbonyl (C=O) groups is 5.